The molecule has 19 heavy (non-hydrogen) atoms. The molecule has 0 N–H and O–H groups in total. The van der Waals surface area contributed by atoms with Crippen molar-refractivity contribution in [3.05, 3.63) is 71.7 Å². The van der Waals surface area contributed by atoms with E-state index in [1.165, 1.54) is 6.07 Å². The fourth-order valence-corrected chi connectivity index (χ4v) is 2.03. The summed E-state index contributed by atoms with van der Waals surface area (Å²) in [5.41, 5.74) is 1.05. The van der Waals surface area contributed by atoms with E-state index in [1.807, 2.05) is 30.3 Å². The van der Waals surface area contributed by atoms with Crippen molar-refractivity contribution in [1.82, 2.24) is 0 Å². The molecule has 0 aliphatic heterocycles. The topological polar surface area (TPSA) is 30.2 Å². The minimum absolute atomic E-state index is 0.138. The van der Waals surface area contributed by atoms with E-state index in [0.717, 1.165) is 5.56 Å². The molecule has 0 saturated carbocycles. The Balaban J connectivity index is 1.92. The van der Waals surface area contributed by atoms with Gasteiger partial charge < -0.3 is 4.42 Å². The highest BCUT2D eigenvalue weighted by molar-refractivity contribution is 5.98. The molecule has 0 aliphatic rings. The van der Waals surface area contributed by atoms with Gasteiger partial charge in [0.15, 0.2) is 17.2 Å². The summed E-state index contributed by atoms with van der Waals surface area (Å²) in [6.45, 7) is 0. The number of carbonyl (C=O) groups excluding carboxylic acids is 1. The molecule has 3 aromatic rings. The Labute approximate surface area is 109 Å². The maximum Gasteiger partial charge on any atom is 0.202 e. The van der Waals surface area contributed by atoms with Crippen LogP contribution in [-0.2, 0) is 6.42 Å². The van der Waals surface area contributed by atoms with Crippen LogP contribution in [0.15, 0.2) is 59.0 Å². The van der Waals surface area contributed by atoms with E-state index in [-0.39, 0.29) is 23.5 Å². The zero-order chi connectivity index (χ0) is 13.2. The van der Waals surface area contributed by atoms with Crippen LogP contribution in [0, 0.1) is 5.82 Å². The first-order valence-corrected chi connectivity index (χ1v) is 5.99. The Kier molecular flexibility index (Phi) is 2.88. The van der Waals surface area contributed by atoms with E-state index in [0.29, 0.717) is 5.39 Å². The summed E-state index contributed by atoms with van der Waals surface area (Å²) in [5.74, 6) is -0.401. The van der Waals surface area contributed by atoms with Gasteiger partial charge in [-0.25, -0.2) is 4.39 Å². The number of hydrogen-bond acceptors (Lipinski definition) is 2. The standard InChI is InChI=1S/C16H11FO2/c17-13-8-4-7-12-10-15(19-16(12)13)14(18)9-11-5-2-1-3-6-11/h1-8,10H,9H2. The third-order valence-electron chi connectivity index (χ3n) is 2.98. The van der Waals surface area contributed by atoms with E-state index in [1.54, 1.807) is 18.2 Å². The fraction of sp³-hybridized carbons (Fsp3) is 0.0625. The van der Waals surface area contributed by atoms with Crippen LogP contribution in [0.4, 0.5) is 4.39 Å². The minimum atomic E-state index is -0.448. The molecule has 0 unspecified atom stereocenters. The number of benzene rings is 2. The Bertz CT molecular complexity index is 729. The second-order valence-corrected chi connectivity index (χ2v) is 4.35. The Morgan fingerprint density at radius 1 is 1.05 bits per heavy atom. The lowest BCUT2D eigenvalue weighted by atomic mass is 10.1. The first-order valence-electron chi connectivity index (χ1n) is 5.99. The molecule has 3 heteroatoms. The average Bonchev–Trinajstić information content (AvgIpc) is 2.85. The van der Waals surface area contributed by atoms with Crippen molar-refractivity contribution in [2.24, 2.45) is 0 Å². The van der Waals surface area contributed by atoms with Crippen LogP contribution in [0.1, 0.15) is 16.1 Å². The summed E-state index contributed by atoms with van der Waals surface area (Å²) in [6.07, 6.45) is 0.252. The molecule has 1 aromatic heterocycles. The molecular formula is C16H11FO2. The van der Waals surface area contributed by atoms with Crippen molar-refractivity contribution in [2.75, 3.05) is 0 Å². The molecule has 0 saturated heterocycles. The SMILES string of the molecule is O=C(Cc1ccccc1)c1cc2cccc(F)c2o1. The van der Waals surface area contributed by atoms with Crippen LogP contribution in [0.5, 0.6) is 0 Å². The van der Waals surface area contributed by atoms with Gasteiger partial charge in [0.1, 0.15) is 0 Å². The Morgan fingerprint density at radius 3 is 2.58 bits per heavy atom. The smallest absolute Gasteiger partial charge is 0.202 e. The van der Waals surface area contributed by atoms with E-state index in [4.69, 9.17) is 4.42 Å². The number of Topliss-reactive ketones (excluding diaryl/α,β-unsaturated/α-hetero) is 1. The van der Waals surface area contributed by atoms with E-state index < -0.39 is 5.82 Å². The lowest BCUT2D eigenvalue weighted by Crippen LogP contribution is -2.01. The van der Waals surface area contributed by atoms with Crippen molar-refractivity contribution in [3.8, 4) is 0 Å². The van der Waals surface area contributed by atoms with Crippen LogP contribution < -0.4 is 0 Å². The van der Waals surface area contributed by atoms with Gasteiger partial charge in [0.25, 0.3) is 0 Å². The van der Waals surface area contributed by atoms with Crippen LogP contribution in [-0.4, -0.2) is 5.78 Å². The highest BCUT2D eigenvalue weighted by atomic mass is 19.1. The molecule has 0 bridgehead atoms. The molecule has 1 heterocycles. The monoisotopic (exact) mass is 254 g/mol. The maximum atomic E-state index is 13.5. The van der Waals surface area contributed by atoms with E-state index in [9.17, 15) is 9.18 Å². The number of rotatable bonds is 3. The van der Waals surface area contributed by atoms with E-state index in [2.05, 4.69) is 0 Å². The molecule has 0 aliphatic carbocycles. The summed E-state index contributed by atoms with van der Waals surface area (Å²) in [4.78, 5) is 12.1. The molecule has 2 nitrogen and oxygen atoms in total. The molecule has 3 rings (SSSR count). The summed E-state index contributed by atoms with van der Waals surface area (Å²) in [6, 6.07) is 15.6. The largest absolute Gasteiger partial charge is 0.450 e. The van der Waals surface area contributed by atoms with Gasteiger partial charge in [-0.1, -0.05) is 42.5 Å². The summed E-state index contributed by atoms with van der Waals surface area (Å²) in [7, 11) is 0. The lowest BCUT2D eigenvalue weighted by molar-refractivity contribution is 0.0968. The molecule has 0 spiro atoms. The predicted molar refractivity (Wildman–Crippen MR) is 70.6 cm³/mol. The summed E-state index contributed by atoms with van der Waals surface area (Å²) >= 11 is 0. The fourth-order valence-electron chi connectivity index (χ4n) is 2.03. The van der Waals surface area contributed by atoms with Crippen LogP contribution in [0.2, 0.25) is 0 Å². The highest BCUT2D eigenvalue weighted by Crippen LogP contribution is 2.23. The number of fused-ring (bicyclic) bond motifs is 1. The molecule has 0 radical (unpaired) electrons. The van der Waals surface area contributed by atoms with Gasteiger partial charge in [-0.2, -0.15) is 0 Å². The van der Waals surface area contributed by atoms with Crippen molar-refractivity contribution in [2.45, 2.75) is 6.42 Å². The quantitative estimate of drug-likeness (QED) is 0.661. The zero-order valence-corrected chi connectivity index (χ0v) is 10.1. The number of ketones is 1. The zero-order valence-electron chi connectivity index (χ0n) is 10.1. The van der Waals surface area contributed by atoms with Crippen molar-refractivity contribution < 1.29 is 13.6 Å². The van der Waals surface area contributed by atoms with Crippen molar-refractivity contribution in [1.29, 1.82) is 0 Å². The molecule has 0 amide bonds. The molecular weight excluding hydrogens is 243 g/mol. The van der Waals surface area contributed by atoms with E-state index >= 15 is 0 Å². The predicted octanol–water partition coefficient (Wildman–Crippen LogP) is 4.00. The number of furan rings is 1. The number of para-hydroxylation sites is 1. The number of halogens is 1. The van der Waals surface area contributed by atoms with Crippen LogP contribution in [0.3, 0.4) is 0 Å². The van der Waals surface area contributed by atoms with Gasteiger partial charge in [0.2, 0.25) is 5.78 Å². The molecule has 94 valence electrons. The maximum absolute atomic E-state index is 13.5. The van der Waals surface area contributed by atoms with Gasteiger partial charge in [0.05, 0.1) is 0 Å². The second-order valence-electron chi connectivity index (χ2n) is 4.35. The summed E-state index contributed by atoms with van der Waals surface area (Å²) < 4.78 is 18.8. The van der Waals surface area contributed by atoms with Gasteiger partial charge in [0, 0.05) is 11.8 Å². The normalized spacial score (nSPS) is 10.8. The van der Waals surface area contributed by atoms with Gasteiger partial charge in [-0.05, 0) is 17.7 Å². The van der Waals surface area contributed by atoms with Gasteiger partial charge >= 0.3 is 0 Å². The second kappa shape index (κ2) is 4.69. The highest BCUT2D eigenvalue weighted by Gasteiger charge is 2.14. The third-order valence-corrected chi connectivity index (χ3v) is 2.98. The van der Waals surface area contributed by atoms with Crippen LogP contribution in [0.25, 0.3) is 11.0 Å². The molecule has 2 aromatic carbocycles. The Morgan fingerprint density at radius 2 is 1.84 bits per heavy atom. The molecule has 0 atom stereocenters. The van der Waals surface area contributed by atoms with Crippen molar-refractivity contribution in [3.63, 3.8) is 0 Å². The van der Waals surface area contributed by atoms with Crippen molar-refractivity contribution >= 4 is 16.8 Å². The number of hydrogen-bond donors (Lipinski definition) is 0. The third kappa shape index (κ3) is 2.27. The van der Waals surface area contributed by atoms with Gasteiger partial charge in [-0.3, -0.25) is 4.79 Å². The summed E-state index contributed by atoms with van der Waals surface area (Å²) in [5, 5.41) is 0.608. The lowest BCUT2D eigenvalue weighted by Gasteiger charge is -1.97. The van der Waals surface area contributed by atoms with Crippen LogP contribution >= 0.6 is 0 Å². The van der Waals surface area contributed by atoms with Gasteiger partial charge in [-0.15, -0.1) is 0 Å². The molecule has 0 fully saturated rings. The number of carbonyl (C=O) groups is 1. The Hall–Kier alpha value is -2.42. The minimum Gasteiger partial charge on any atom is -0.450 e. The first-order chi connectivity index (χ1) is 9.24. The first kappa shape index (κ1) is 11.7. The average molecular weight is 254 g/mol.